The summed E-state index contributed by atoms with van der Waals surface area (Å²) in [6.45, 7) is 2.04. The van der Waals surface area contributed by atoms with Gasteiger partial charge in [-0.25, -0.2) is 0 Å². The molecule has 0 saturated heterocycles. The number of thioether (sulfide) groups is 1. The molecule has 0 aliphatic heterocycles. The Balaban J connectivity index is 2.09. The highest BCUT2D eigenvalue weighted by Gasteiger charge is 2.30. The number of rotatable bonds is 3. The summed E-state index contributed by atoms with van der Waals surface area (Å²) in [6.07, 6.45) is -0.872. The largest absolute Gasteiger partial charge is 0.416 e. The second-order valence-corrected chi connectivity index (χ2v) is 6.09. The Kier molecular flexibility index (Phi) is 3.87. The summed E-state index contributed by atoms with van der Waals surface area (Å²) in [6, 6.07) is 7.35. The van der Waals surface area contributed by atoms with Gasteiger partial charge in [0, 0.05) is 39.4 Å². The van der Waals surface area contributed by atoms with Gasteiger partial charge in [-0.1, -0.05) is 6.92 Å². The normalized spacial score (nSPS) is 12.0. The zero-order valence-corrected chi connectivity index (χ0v) is 12.6. The fourth-order valence-corrected chi connectivity index (χ4v) is 3.11. The minimum Gasteiger partial charge on any atom is -0.354 e. The van der Waals surface area contributed by atoms with Gasteiger partial charge in [0.15, 0.2) is 0 Å². The van der Waals surface area contributed by atoms with Gasteiger partial charge >= 0.3 is 6.18 Å². The van der Waals surface area contributed by atoms with Crippen LogP contribution < -0.4 is 0 Å². The summed E-state index contributed by atoms with van der Waals surface area (Å²) < 4.78 is 38.4. The SMILES string of the molecule is CCSc1cnccc1-c1cc2cc(C(F)(F)F)ccc2[nH]1. The summed E-state index contributed by atoms with van der Waals surface area (Å²) in [5, 5.41) is 0.550. The van der Waals surface area contributed by atoms with Crippen LogP contribution in [0, 0.1) is 0 Å². The molecule has 0 aliphatic carbocycles. The number of aromatic nitrogens is 2. The molecule has 3 rings (SSSR count). The van der Waals surface area contributed by atoms with Gasteiger partial charge in [0.2, 0.25) is 0 Å². The third-order valence-corrected chi connectivity index (χ3v) is 4.25. The molecule has 0 bridgehead atoms. The van der Waals surface area contributed by atoms with Crippen LogP contribution in [0.4, 0.5) is 13.2 Å². The molecular formula is C16H13F3N2S. The van der Waals surface area contributed by atoms with Crippen molar-refractivity contribution in [3.05, 3.63) is 48.3 Å². The molecule has 2 aromatic heterocycles. The van der Waals surface area contributed by atoms with E-state index >= 15 is 0 Å². The Bertz CT molecular complexity index is 809. The molecule has 114 valence electrons. The maximum Gasteiger partial charge on any atom is 0.416 e. The first-order valence-corrected chi connectivity index (χ1v) is 7.74. The van der Waals surface area contributed by atoms with Gasteiger partial charge < -0.3 is 4.98 Å². The van der Waals surface area contributed by atoms with Crippen LogP contribution in [0.1, 0.15) is 12.5 Å². The van der Waals surface area contributed by atoms with Crippen LogP contribution in [0.3, 0.4) is 0 Å². The third-order valence-electron chi connectivity index (χ3n) is 3.32. The average molecular weight is 322 g/mol. The van der Waals surface area contributed by atoms with Crippen LogP contribution in [0.5, 0.6) is 0 Å². The van der Waals surface area contributed by atoms with Gasteiger partial charge in [-0.3, -0.25) is 4.98 Å². The van der Waals surface area contributed by atoms with Crippen molar-refractivity contribution in [3.63, 3.8) is 0 Å². The second-order valence-electron chi connectivity index (χ2n) is 4.79. The van der Waals surface area contributed by atoms with Crippen molar-refractivity contribution in [2.45, 2.75) is 18.0 Å². The number of hydrogen-bond acceptors (Lipinski definition) is 2. The first-order chi connectivity index (χ1) is 10.5. The van der Waals surface area contributed by atoms with Crippen LogP contribution in [0.2, 0.25) is 0 Å². The van der Waals surface area contributed by atoms with Crippen molar-refractivity contribution in [3.8, 4) is 11.3 Å². The number of nitrogens with zero attached hydrogens (tertiary/aromatic N) is 1. The second kappa shape index (κ2) is 5.68. The van der Waals surface area contributed by atoms with E-state index < -0.39 is 11.7 Å². The van der Waals surface area contributed by atoms with Crippen LogP contribution in [0.15, 0.2) is 47.6 Å². The first-order valence-electron chi connectivity index (χ1n) is 6.76. The van der Waals surface area contributed by atoms with E-state index in [4.69, 9.17) is 0 Å². The molecule has 0 spiro atoms. The zero-order valence-electron chi connectivity index (χ0n) is 11.7. The van der Waals surface area contributed by atoms with Crippen LogP contribution in [-0.2, 0) is 6.18 Å². The third kappa shape index (κ3) is 2.83. The van der Waals surface area contributed by atoms with E-state index in [9.17, 15) is 13.2 Å². The monoisotopic (exact) mass is 322 g/mol. The van der Waals surface area contributed by atoms with Crippen molar-refractivity contribution in [1.82, 2.24) is 9.97 Å². The van der Waals surface area contributed by atoms with E-state index in [0.717, 1.165) is 28.0 Å². The Morgan fingerprint density at radius 1 is 1.18 bits per heavy atom. The summed E-state index contributed by atoms with van der Waals surface area (Å²) >= 11 is 1.65. The van der Waals surface area contributed by atoms with E-state index in [-0.39, 0.29) is 0 Å². The molecule has 1 N–H and O–H groups in total. The van der Waals surface area contributed by atoms with Gasteiger partial charge in [0.25, 0.3) is 0 Å². The van der Waals surface area contributed by atoms with Crippen LogP contribution in [-0.4, -0.2) is 15.7 Å². The van der Waals surface area contributed by atoms with Crippen molar-refractivity contribution in [2.75, 3.05) is 5.75 Å². The van der Waals surface area contributed by atoms with E-state index in [1.54, 1.807) is 30.2 Å². The predicted octanol–water partition coefficient (Wildman–Crippen LogP) is 5.36. The van der Waals surface area contributed by atoms with E-state index in [1.165, 1.54) is 12.1 Å². The lowest BCUT2D eigenvalue weighted by Gasteiger charge is -2.05. The maximum atomic E-state index is 12.8. The molecule has 3 aromatic rings. The predicted molar refractivity (Wildman–Crippen MR) is 82.9 cm³/mol. The van der Waals surface area contributed by atoms with Crippen molar-refractivity contribution < 1.29 is 13.2 Å². The lowest BCUT2D eigenvalue weighted by Crippen LogP contribution is -2.03. The van der Waals surface area contributed by atoms with Gasteiger partial charge in [-0.05, 0) is 36.1 Å². The number of fused-ring (bicyclic) bond motifs is 1. The molecule has 0 amide bonds. The van der Waals surface area contributed by atoms with Crippen molar-refractivity contribution in [1.29, 1.82) is 0 Å². The number of benzene rings is 1. The summed E-state index contributed by atoms with van der Waals surface area (Å²) in [4.78, 5) is 8.29. The number of pyridine rings is 1. The molecule has 2 heterocycles. The summed E-state index contributed by atoms with van der Waals surface area (Å²) in [5.41, 5.74) is 1.80. The summed E-state index contributed by atoms with van der Waals surface area (Å²) in [7, 11) is 0. The summed E-state index contributed by atoms with van der Waals surface area (Å²) in [5.74, 6) is 0.900. The Labute approximate surface area is 129 Å². The standard InChI is InChI=1S/C16H13F3N2S/c1-2-22-15-9-20-6-5-12(15)14-8-10-7-11(16(17,18)19)3-4-13(10)21-14/h3-9,21H,2H2,1H3. The number of halogens is 3. The van der Waals surface area contributed by atoms with E-state index in [2.05, 4.69) is 9.97 Å². The molecule has 0 saturated carbocycles. The minimum absolute atomic E-state index is 0.550. The van der Waals surface area contributed by atoms with Gasteiger partial charge in [0.1, 0.15) is 0 Å². The highest BCUT2D eigenvalue weighted by atomic mass is 32.2. The molecule has 0 aliphatic rings. The Hall–Kier alpha value is -1.95. The minimum atomic E-state index is -4.33. The van der Waals surface area contributed by atoms with Crippen molar-refractivity contribution in [2.24, 2.45) is 0 Å². The zero-order chi connectivity index (χ0) is 15.7. The molecule has 6 heteroatoms. The topological polar surface area (TPSA) is 28.7 Å². The Morgan fingerprint density at radius 2 is 2.00 bits per heavy atom. The first kappa shape index (κ1) is 15.0. The van der Waals surface area contributed by atoms with Gasteiger partial charge in [-0.2, -0.15) is 13.2 Å². The number of alkyl halides is 3. The fraction of sp³-hybridized carbons (Fsp3) is 0.188. The molecule has 22 heavy (non-hydrogen) atoms. The van der Waals surface area contributed by atoms with Crippen LogP contribution >= 0.6 is 11.8 Å². The highest BCUT2D eigenvalue weighted by Crippen LogP contribution is 2.35. The fourth-order valence-electron chi connectivity index (χ4n) is 2.33. The highest BCUT2D eigenvalue weighted by molar-refractivity contribution is 7.99. The quantitative estimate of drug-likeness (QED) is 0.658. The lowest BCUT2D eigenvalue weighted by atomic mass is 10.1. The maximum absolute atomic E-state index is 12.8. The number of nitrogens with one attached hydrogen (secondary N) is 1. The van der Waals surface area contributed by atoms with Crippen molar-refractivity contribution >= 4 is 22.7 Å². The molecule has 0 atom stereocenters. The van der Waals surface area contributed by atoms with Crippen LogP contribution in [0.25, 0.3) is 22.2 Å². The Morgan fingerprint density at radius 3 is 2.73 bits per heavy atom. The molecule has 0 radical (unpaired) electrons. The van der Waals surface area contributed by atoms with E-state index in [1.807, 2.05) is 13.0 Å². The van der Waals surface area contributed by atoms with Gasteiger partial charge in [-0.15, -0.1) is 11.8 Å². The molecule has 1 aromatic carbocycles. The number of H-pyrrole nitrogens is 1. The number of aromatic amines is 1. The molecule has 0 unspecified atom stereocenters. The molecular weight excluding hydrogens is 309 g/mol. The number of hydrogen-bond donors (Lipinski definition) is 1. The smallest absolute Gasteiger partial charge is 0.354 e. The molecule has 0 fully saturated rings. The van der Waals surface area contributed by atoms with Gasteiger partial charge in [0.05, 0.1) is 5.56 Å². The molecule has 2 nitrogen and oxygen atoms in total. The van der Waals surface area contributed by atoms with E-state index in [0.29, 0.717) is 10.9 Å². The average Bonchev–Trinajstić information content (AvgIpc) is 2.90. The lowest BCUT2D eigenvalue weighted by molar-refractivity contribution is -0.137.